The molecular formula is C20H25N3O6. The molecule has 2 heterocycles. The monoisotopic (exact) mass is 403 g/mol. The molecule has 0 unspecified atom stereocenters. The Morgan fingerprint density at radius 3 is 2.31 bits per heavy atom. The van der Waals surface area contributed by atoms with Crippen LogP contribution in [0.25, 0.3) is 0 Å². The number of piperidine rings is 1. The van der Waals surface area contributed by atoms with Crippen molar-refractivity contribution in [2.45, 2.75) is 31.7 Å². The fourth-order valence-electron chi connectivity index (χ4n) is 3.65. The normalized spacial score (nSPS) is 19.9. The van der Waals surface area contributed by atoms with Gasteiger partial charge in [0, 0.05) is 19.5 Å². The van der Waals surface area contributed by atoms with Crippen LogP contribution in [0.2, 0.25) is 0 Å². The number of hydrogen-bond acceptors (Lipinski definition) is 6. The Bertz CT molecular complexity index is 786. The Morgan fingerprint density at radius 2 is 1.72 bits per heavy atom. The lowest BCUT2D eigenvalue weighted by Gasteiger charge is -2.32. The van der Waals surface area contributed by atoms with Gasteiger partial charge >= 0.3 is 12.0 Å². The highest BCUT2D eigenvalue weighted by Crippen LogP contribution is 2.25. The van der Waals surface area contributed by atoms with Gasteiger partial charge in [-0.3, -0.25) is 14.4 Å². The van der Waals surface area contributed by atoms with Crippen LogP contribution in [0.1, 0.15) is 25.7 Å². The summed E-state index contributed by atoms with van der Waals surface area (Å²) in [6.45, 7) is 1.05. The number of nitrogens with one attached hydrogen (secondary N) is 1. The summed E-state index contributed by atoms with van der Waals surface area (Å²) in [4.78, 5) is 51.7. The Balaban J connectivity index is 1.55. The third-order valence-electron chi connectivity index (χ3n) is 5.38. The summed E-state index contributed by atoms with van der Waals surface area (Å²) in [5, 5.41) is 2.59. The van der Waals surface area contributed by atoms with Gasteiger partial charge in [-0.15, -0.1) is 0 Å². The number of urea groups is 1. The summed E-state index contributed by atoms with van der Waals surface area (Å²) in [5.41, 5.74) is 0.423. The molecule has 2 fully saturated rings. The second-order valence-electron chi connectivity index (χ2n) is 7.18. The largest absolute Gasteiger partial charge is 0.497 e. The molecular weight excluding hydrogens is 378 g/mol. The number of anilines is 1. The molecule has 1 aromatic carbocycles. The van der Waals surface area contributed by atoms with E-state index >= 15 is 0 Å². The molecule has 1 aromatic rings. The Morgan fingerprint density at radius 1 is 1.07 bits per heavy atom. The van der Waals surface area contributed by atoms with E-state index in [9.17, 15) is 19.2 Å². The number of nitrogens with zero attached hydrogens (tertiary/aromatic N) is 2. The van der Waals surface area contributed by atoms with Crippen molar-refractivity contribution in [2.75, 3.05) is 32.2 Å². The molecule has 4 amide bonds. The molecule has 0 saturated carbocycles. The Labute approximate surface area is 168 Å². The number of carbonyl (C=O) groups is 4. The number of methoxy groups -OCH3 is 2. The molecule has 0 aliphatic carbocycles. The molecule has 0 bridgehead atoms. The van der Waals surface area contributed by atoms with E-state index < -0.39 is 18.0 Å². The highest BCUT2D eigenvalue weighted by Gasteiger charge is 2.41. The molecule has 9 heteroatoms. The summed E-state index contributed by atoms with van der Waals surface area (Å²) in [7, 11) is 2.89. The maximum absolute atomic E-state index is 12.7. The number of imide groups is 1. The molecule has 156 valence electrons. The van der Waals surface area contributed by atoms with Gasteiger partial charge in [-0.25, -0.2) is 9.69 Å². The van der Waals surface area contributed by atoms with Crippen LogP contribution in [0.4, 0.5) is 10.5 Å². The summed E-state index contributed by atoms with van der Waals surface area (Å²) >= 11 is 0. The minimum absolute atomic E-state index is 0.0844. The number of amides is 4. The lowest BCUT2D eigenvalue weighted by atomic mass is 9.93. The quantitative estimate of drug-likeness (QED) is 0.567. The Hall–Kier alpha value is -3.10. The van der Waals surface area contributed by atoms with Crippen LogP contribution in [0, 0.1) is 5.92 Å². The van der Waals surface area contributed by atoms with E-state index in [1.54, 1.807) is 29.2 Å². The molecule has 0 radical (unpaired) electrons. The van der Waals surface area contributed by atoms with E-state index in [1.165, 1.54) is 14.2 Å². The van der Waals surface area contributed by atoms with Crippen LogP contribution in [-0.2, 0) is 19.1 Å². The third-order valence-corrected chi connectivity index (χ3v) is 5.38. The number of likely N-dealkylation sites (tertiary alicyclic amines) is 1. The highest BCUT2D eigenvalue weighted by atomic mass is 16.5. The topological polar surface area (TPSA) is 105 Å². The average Bonchev–Trinajstić information content (AvgIpc) is 3.01. The number of esters is 1. The highest BCUT2D eigenvalue weighted by molar-refractivity contribution is 6.22. The van der Waals surface area contributed by atoms with Gasteiger partial charge in [0.15, 0.2) is 0 Å². The predicted molar refractivity (Wildman–Crippen MR) is 103 cm³/mol. The van der Waals surface area contributed by atoms with Crippen LogP contribution in [0.5, 0.6) is 5.75 Å². The molecule has 2 aliphatic rings. The number of hydrogen-bond donors (Lipinski definition) is 1. The van der Waals surface area contributed by atoms with Crippen LogP contribution >= 0.6 is 0 Å². The first-order valence-electron chi connectivity index (χ1n) is 9.56. The van der Waals surface area contributed by atoms with Crippen molar-refractivity contribution < 1.29 is 28.7 Å². The zero-order chi connectivity index (χ0) is 21.0. The molecule has 0 spiro atoms. The molecule has 29 heavy (non-hydrogen) atoms. The van der Waals surface area contributed by atoms with Gasteiger partial charge in [-0.05, 0) is 43.0 Å². The minimum atomic E-state index is -0.884. The number of ether oxygens (including phenoxy) is 2. The van der Waals surface area contributed by atoms with E-state index in [-0.39, 0.29) is 24.2 Å². The molecule has 0 aromatic heterocycles. The van der Waals surface area contributed by atoms with Gasteiger partial charge in [0.2, 0.25) is 5.91 Å². The van der Waals surface area contributed by atoms with Crippen LogP contribution in [-0.4, -0.2) is 62.1 Å². The molecule has 1 N–H and O–H groups in total. The second kappa shape index (κ2) is 8.93. The summed E-state index contributed by atoms with van der Waals surface area (Å²) < 4.78 is 9.77. The molecule has 2 saturated heterocycles. The number of rotatable bonds is 6. The smallest absolute Gasteiger partial charge is 0.329 e. The summed E-state index contributed by atoms with van der Waals surface area (Å²) in [6, 6.07) is 5.12. The summed E-state index contributed by atoms with van der Waals surface area (Å²) in [5.74, 6) is -0.0634. The van der Waals surface area contributed by atoms with Gasteiger partial charge < -0.3 is 19.7 Å². The molecule has 2 aliphatic heterocycles. The van der Waals surface area contributed by atoms with Crippen molar-refractivity contribution in [2.24, 2.45) is 5.92 Å². The fraction of sp³-hybridized carbons (Fsp3) is 0.500. The molecule has 3 rings (SSSR count). The summed E-state index contributed by atoms with van der Waals surface area (Å²) in [6.07, 6.45) is 1.69. The lowest BCUT2D eigenvalue weighted by Crippen LogP contribution is -2.43. The van der Waals surface area contributed by atoms with Crippen molar-refractivity contribution in [1.29, 1.82) is 0 Å². The number of benzene rings is 1. The first-order valence-corrected chi connectivity index (χ1v) is 9.56. The standard InChI is InChI=1S/C20H25N3O6/c1-28-15-5-3-14(4-6-15)23-19(26)16(21-20(23)27)12-17(24)22-9-7-13(8-10-22)11-18(25)29-2/h3-6,13,16H,7-12H2,1-2H3,(H,21,27)/t16-/m1/s1. The van der Waals surface area contributed by atoms with E-state index in [0.29, 0.717) is 43.8 Å². The fourth-order valence-corrected chi connectivity index (χ4v) is 3.65. The predicted octanol–water partition coefficient (Wildman–Crippen LogP) is 1.31. The van der Waals surface area contributed by atoms with Crippen molar-refractivity contribution in [3.63, 3.8) is 0 Å². The van der Waals surface area contributed by atoms with Crippen molar-refractivity contribution in [3.8, 4) is 5.75 Å². The first kappa shape index (κ1) is 20.6. The van der Waals surface area contributed by atoms with Crippen LogP contribution in [0.15, 0.2) is 24.3 Å². The zero-order valence-corrected chi connectivity index (χ0v) is 16.6. The van der Waals surface area contributed by atoms with Gasteiger partial charge in [-0.1, -0.05) is 0 Å². The first-order chi connectivity index (χ1) is 13.9. The second-order valence-corrected chi connectivity index (χ2v) is 7.18. The SMILES string of the molecule is COC(=O)CC1CCN(C(=O)C[C@H]2NC(=O)N(c3ccc(OC)cc3)C2=O)CC1. The van der Waals surface area contributed by atoms with Gasteiger partial charge in [0.25, 0.3) is 5.91 Å². The van der Waals surface area contributed by atoms with Crippen LogP contribution in [0.3, 0.4) is 0 Å². The maximum Gasteiger partial charge on any atom is 0.329 e. The average molecular weight is 403 g/mol. The van der Waals surface area contributed by atoms with Crippen molar-refractivity contribution in [1.82, 2.24) is 10.2 Å². The molecule has 9 nitrogen and oxygen atoms in total. The van der Waals surface area contributed by atoms with E-state index in [1.807, 2.05) is 0 Å². The minimum Gasteiger partial charge on any atom is -0.497 e. The van der Waals surface area contributed by atoms with Gasteiger partial charge in [0.1, 0.15) is 11.8 Å². The van der Waals surface area contributed by atoms with Crippen molar-refractivity contribution >= 4 is 29.5 Å². The van der Waals surface area contributed by atoms with E-state index in [2.05, 4.69) is 10.1 Å². The number of carbonyl (C=O) groups excluding carboxylic acids is 4. The van der Waals surface area contributed by atoms with E-state index in [0.717, 1.165) is 4.90 Å². The molecule has 1 atom stereocenters. The van der Waals surface area contributed by atoms with E-state index in [4.69, 9.17) is 4.74 Å². The van der Waals surface area contributed by atoms with Gasteiger partial charge in [0.05, 0.1) is 26.3 Å². The zero-order valence-electron chi connectivity index (χ0n) is 16.6. The maximum atomic E-state index is 12.7. The Kier molecular flexibility index (Phi) is 6.36. The van der Waals surface area contributed by atoms with Gasteiger partial charge in [-0.2, -0.15) is 0 Å². The van der Waals surface area contributed by atoms with Crippen molar-refractivity contribution in [3.05, 3.63) is 24.3 Å². The lowest BCUT2D eigenvalue weighted by molar-refractivity contribution is -0.142. The third kappa shape index (κ3) is 4.67. The van der Waals surface area contributed by atoms with Crippen LogP contribution < -0.4 is 15.0 Å².